The Balaban J connectivity index is 1.52. The summed E-state index contributed by atoms with van der Waals surface area (Å²) in [7, 11) is 1.50. The number of fused-ring (bicyclic) bond motifs is 5. The highest BCUT2D eigenvalue weighted by atomic mass is 16.5. The summed E-state index contributed by atoms with van der Waals surface area (Å²) in [6, 6.07) is 0. The maximum Gasteiger partial charge on any atom is 0.305 e. The van der Waals surface area contributed by atoms with E-state index in [1.807, 2.05) is 0 Å². The Morgan fingerprint density at radius 3 is 2.67 bits per heavy atom. The first kappa shape index (κ1) is 22.4. The van der Waals surface area contributed by atoms with E-state index in [0.717, 1.165) is 55.8 Å². The predicted molar refractivity (Wildman–Crippen MR) is 121 cm³/mol. The minimum atomic E-state index is -0.463. The summed E-state index contributed by atoms with van der Waals surface area (Å²) >= 11 is 0. The van der Waals surface area contributed by atoms with Crippen LogP contribution in [0, 0.1) is 40.4 Å². The van der Waals surface area contributed by atoms with Gasteiger partial charge < -0.3 is 9.84 Å². The number of methoxy groups -OCH3 is 1. The molecule has 1 N–H and O–H groups in total. The van der Waals surface area contributed by atoms with Gasteiger partial charge in [0.25, 0.3) is 0 Å². The monoisotopic (exact) mass is 416 g/mol. The van der Waals surface area contributed by atoms with Crippen molar-refractivity contribution in [1.29, 1.82) is 0 Å². The molecule has 0 unspecified atom stereocenters. The maximum atomic E-state index is 11.7. The molecule has 0 radical (unpaired) electrons. The number of ether oxygens (including phenoxy) is 1. The van der Waals surface area contributed by atoms with Gasteiger partial charge in [-0.05, 0) is 105 Å². The van der Waals surface area contributed by atoms with Crippen LogP contribution in [-0.2, 0) is 9.53 Å². The van der Waals surface area contributed by atoms with E-state index in [4.69, 9.17) is 4.74 Å². The Labute approximate surface area is 184 Å². The lowest BCUT2D eigenvalue weighted by molar-refractivity contribution is -0.141. The third-order valence-electron chi connectivity index (χ3n) is 10.7. The summed E-state index contributed by atoms with van der Waals surface area (Å²) < 4.78 is 4.89. The SMILES string of the molecule is CC[C@]1(O)CC[C@@]2(C)C(=CC[C@H]3[C@@H]4CC[C@H]([C@H](C)CCC(=O)OC)[C@@]4(C)CC[C@@H]32)C1. The van der Waals surface area contributed by atoms with Crippen LogP contribution in [-0.4, -0.2) is 23.8 Å². The first-order chi connectivity index (χ1) is 14.2. The van der Waals surface area contributed by atoms with E-state index in [-0.39, 0.29) is 5.97 Å². The topological polar surface area (TPSA) is 46.5 Å². The number of carbonyl (C=O) groups excluding carboxylic acids is 1. The fourth-order valence-corrected chi connectivity index (χ4v) is 8.64. The summed E-state index contributed by atoms with van der Waals surface area (Å²) in [6.07, 6.45) is 14.6. The molecule has 0 amide bonds. The minimum Gasteiger partial charge on any atom is -0.469 e. The molecule has 4 aliphatic rings. The summed E-state index contributed by atoms with van der Waals surface area (Å²) in [6.45, 7) is 9.62. The molecule has 4 rings (SSSR count). The first-order valence-corrected chi connectivity index (χ1v) is 12.7. The molecule has 0 aromatic carbocycles. The lowest BCUT2D eigenvalue weighted by Gasteiger charge is -2.59. The summed E-state index contributed by atoms with van der Waals surface area (Å²) in [5.74, 6) is 3.69. The molecule has 170 valence electrons. The molecule has 0 aromatic heterocycles. The molecule has 4 aliphatic carbocycles. The number of esters is 1. The van der Waals surface area contributed by atoms with Gasteiger partial charge in [0.2, 0.25) is 0 Å². The second-order valence-corrected chi connectivity index (χ2v) is 11.8. The van der Waals surface area contributed by atoms with Crippen molar-refractivity contribution in [3.05, 3.63) is 11.6 Å². The van der Waals surface area contributed by atoms with Gasteiger partial charge in [-0.1, -0.05) is 39.3 Å². The molecule has 3 fully saturated rings. The number of rotatable bonds is 5. The molecular formula is C27H44O3. The van der Waals surface area contributed by atoms with Crippen molar-refractivity contribution >= 4 is 5.97 Å². The fourth-order valence-electron chi connectivity index (χ4n) is 8.64. The maximum absolute atomic E-state index is 11.7. The lowest BCUT2D eigenvalue weighted by atomic mass is 9.46. The Bertz CT molecular complexity index is 698. The van der Waals surface area contributed by atoms with E-state index in [0.29, 0.717) is 23.2 Å². The van der Waals surface area contributed by atoms with Crippen LogP contribution in [0.25, 0.3) is 0 Å². The number of carbonyl (C=O) groups is 1. The van der Waals surface area contributed by atoms with Gasteiger partial charge in [-0.25, -0.2) is 0 Å². The van der Waals surface area contributed by atoms with Gasteiger partial charge in [-0.15, -0.1) is 0 Å². The van der Waals surface area contributed by atoms with E-state index in [1.54, 1.807) is 5.57 Å². The van der Waals surface area contributed by atoms with Crippen molar-refractivity contribution in [3.8, 4) is 0 Å². The molecule has 3 nitrogen and oxygen atoms in total. The second kappa shape index (κ2) is 7.94. The Kier molecular flexibility index (Phi) is 5.92. The molecule has 0 saturated heterocycles. The normalized spacial score (nSPS) is 46.3. The van der Waals surface area contributed by atoms with Crippen molar-refractivity contribution in [3.63, 3.8) is 0 Å². The smallest absolute Gasteiger partial charge is 0.305 e. The highest BCUT2D eigenvalue weighted by molar-refractivity contribution is 5.69. The van der Waals surface area contributed by atoms with Gasteiger partial charge in [-0.3, -0.25) is 4.79 Å². The van der Waals surface area contributed by atoms with Gasteiger partial charge >= 0.3 is 5.97 Å². The molecule has 0 spiro atoms. The zero-order valence-electron chi connectivity index (χ0n) is 20.0. The van der Waals surface area contributed by atoms with Gasteiger partial charge in [0.05, 0.1) is 12.7 Å². The van der Waals surface area contributed by atoms with Gasteiger partial charge in [0.15, 0.2) is 0 Å². The average Bonchev–Trinajstić information content (AvgIpc) is 3.09. The van der Waals surface area contributed by atoms with Crippen molar-refractivity contribution < 1.29 is 14.6 Å². The largest absolute Gasteiger partial charge is 0.469 e. The number of aliphatic hydroxyl groups is 1. The van der Waals surface area contributed by atoms with E-state index < -0.39 is 5.60 Å². The summed E-state index contributed by atoms with van der Waals surface area (Å²) in [4.78, 5) is 11.7. The van der Waals surface area contributed by atoms with Crippen LogP contribution in [0.1, 0.15) is 98.3 Å². The van der Waals surface area contributed by atoms with Crippen LogP contribution < -0.4 is 0 Å². The lowest BCUT2D eigenvalue weighted by Crippen LogP contribution is -2.52. The van der Waals surface area contributed by atoms with Crippen molar-refractivity contribution in [2.75, 3.05) is 7.11 Å². The predicted octanol–water partition coefficient (Wildman–Crippen LogP) is 6.30. The van der Waals surface area contributed by atoms with Crippen molar-refractivity contribution in [2.24, 2.45) is 40.4 Å². The summed E-state index contributed by atoms with van der Waals surface area (Å²) in [5, 5.41) is 11.0. The van der Waals surface area contributed by atoms with Crippen molar-refractivity contribution in [1.82, 2.24) is 0 Å². The molecule has 0 heterocycles. The van der Waals surface area contributed by atoms with E-state index >= 15 is 0 Å². The Hall–Kier alpha value is -0.830. The molecule has 30 heavy (non-hydrogen) atoms. The van der Waals surface area contributed by atoms with Crippen LogP contribution in [0.4, 0.5) is 0 Å². The van der Waals surface area contributed by atoms with Gasteiger partial charge in [-0.2, -0.15) is 0 Å². The molecule has 8 atom stereocenters. The second-order valence-electron chi connectivity index (χ2n) is 11.8. The van der Waals surface area contributed by atoms with Crippen LogP contribution in [0.5, 0.6) is 0 Å². The zero-order valence-corrected chi connectivity index (χ0v) is 20.0. The van der Waals surface area contributed by atoms with Gasteiger partial charge in [0, 0.05) is 6.42 Å². The number of hydrogen-bond acceptors (Lipinski definition) is 3. The number of allylic oxidation sites excluding steroid dienone is 1. The minimum absolute atomic E-state index is 0.0625. The first-order valence-electron chi connectivity index (χ1n) is 12.7. The third kappa shape index (κ3) is 3.48. The van der Waals surface area contributed by atoms with Crippen LogP contribution in [0.3, 0.4) is 0 Å². The van der Waals surface area contributed by atoms with Crippen LogP contribution >= 0.6 is 0 Å². The van der Waals surface area contributed by atoms with E-state index in [9.17, 15) is 9.90 Å². The molecule has 3 saturated carbocycles. The fraction of sp³-hybridized carbons (Fsp3) is 0.889. The molecular weight excluding hydrogens is 372 g/mol. The molecule has 0 aromatic rings. The van der Waals surface area contributed by atoms with E-state index in [1.165, 1.54) is 39.2 Å². The zero-order chi connectivity index (χ0) is 21.7. The highest BCUT2D eigenvalue weighted by Gasteiger charge is 2.59. The highest BCUT2D eigenvalue weighted by Crippen LogP contribution is 2.67. The summed E-state index contributed by atoms with van der Waals surface area (Å²) in [5.41, 5.74) is 1.84. The average molecular weight is 417 g/mol. The number of hydrogen-bond donors (Lipinski definition) is 1. The Morgan fingerprint density at radius 2 is 1.97 bits per heavy atom. The molecule has 0 aliphatic heterocycles. The molecule has 3 heteroatoms. The quantitative estimate of drug-likeness (QED) is 0.423. The van der Waals surface area contributed by atoms with Crippen LogP contribution in [0.15, 0.2) is 11.6 Å². The third-order valence-corrected chi connectivity index (χ3v) is 10.7. The van der Waals surface area contributed by atoms with Gasteiger partial charge in [0.1, 0.15) is 0 Å². The molecule has 0 bridgehead atoms. The Morgan fingerprint density at radius 1 is 1.20 bits per heavy atom. The van der Waals surface area contributed by atoms with Crippen LogP contribution in [0.2, 0.25) is 0 Å². The van der Waals surface area contributed by atoms with E-state index in [2.05, 4.69) is 33.8 Å². The van der Waals surface area contributed by atoms with Crippen molar-refractivity contribution in [2.45, 2.75) is 104 Å². The standard InChI is InChI=1S/C27H44O3/c1-6-27(29)16-15-25(3)19(17-27)8-9-20-22-11-10-21(18(2)7-12-24(28)30-5)26(22,4)14-13-23(20)25/h8,18,20-23,29H,6-7,9-17H2,1-5H3/t18-,20+,21-,22+,23+,25+,26-,27+/m1/s1.